The molecule has 0 saturated heterocycles. The largest absolute Gasteiger partial charge is 0.508 e. The fourth-order valence-corrected chi connectivity index (χ4v) is 3.08. The molecule has 0 spiro atoms. The van der Waals surface area contributed by atoms with Gasteiger partial charge in [-0.2, -0.15) is 5.10 Å². The fourth-order valence-electron chi connectivity index (χ4n) is 1.80. The first-order valence-corrected chi connectivity index (χ1v) is 8.54. The number of carbonyl (C=O) groups is 1. The van der Waals surface area contributed by atoms with Gasteiger partial charge in [0.25, 0.3) is 0 Å². The molecule has 126 valence electrons. The number of nitrogens with zero attached hydrogens (tertiary/aromatic N) is 1. The maximum Gasteiger partial charge on any atom is 0.250 e. The van der Waals surface area contributed by atoms with Crippen molar-refractivity contribution < 1.29 is 15.0 Å². The van der Waals surface area contributed by atoms with Crippen LogP contribution in [0.25, 0.3) is 0 Å². The first-order valence-electron chi connectivity index (χ1n) is 6.80. The van der Waals surface area contributed by atoms with Gasteiger partial charge in [0.1, 0.15) is 11.5 Å². The van der Waals surface area contributed by atoms with Crippen molar-refractivity contribution in [1.29, 1.82) is 0 Å². The smallest absolute Gasteiger partial charge is 0.250 e. The Labute approximate surface area is 153 Å². The summed E-state index contributed by atoms with van der Waals surface area (Å²) in [4.78, 5) is 12.6. The number of halogens is 2. The number of hydrogen-bond donors (Lipinski definition) is 3. The predicted octanol–water partition coefficient (Wildman–Crippen LogP) is 4.04. The SMILES string of the molecule is C/C(=N\NC(=O)CSc1cc(Cl)ccc1Cl)c1ccc(O)cc1O. The maximum atomic E-state index is 11.9. The molecule has 5 nitrogen and oxygen atoms in total. The lowest BCUT2D eigenvalue weighted by atomic mass is 10.1. The molecular formula is C16H14Cl2N2O3S. The number of aromatic hydroxyl groups is 2. The number of amides is 1. The summed E-state index contributed by atoms with van der Waals surface area (Å²) < 4.78 is 0. The van der Waals surface area contributed by atoms with Gasteiger partial charge in [0.2, 0.25) is 5.91 Å². The van der Waals surface area contributed by atoms with Gasteiger partial charge in [-0.05, 0) is 37.3 Å². The van der Waals surface area contributed by atoms with Gasteiger partial charge in [0.15, 0.2) is 0 Å². The normalized spacial score (nSPS) is 11.4. The van der Waals surface area contributed by atoms with Crippen LogP contribution in [0.15, 0.2) is 46.4 Å². The molecule has 0 aliphatic carbocycles. The van der Waals surface area contributed by atoms with E-state index in [-0.39, 0.29) is 23.2 Å². The lowest BCUT2D eigenvalue weighted by Crippen LogP contribution is -2.21. The maximum absolute atomic E-state index is 11.9. The minimum absolute atomic E-state index is 0.0529. The molecule has 0 aromatic heterocycles. The Kier molecular flexibility index (Phi) is 6.36. The summed E-state index contributed by atoms with van der Waals surface area (Å²) in [6.07, 6.45) is 0. The quantitative estimate of drug-likeness (QED) is 0.412. The Balaban J connectivity index is 1.95. The highest BCUT2D eigenvalue weighted by molar-refractivity contribution is 8.00. The highest BCUT2D eigenvalue weighted by atomic mass is 35.5. The lowest BCUT2D eigenvalue weighted by Gasteiger charge is -2.06. The number of phenols is 2. The first kappa shape index (κ1) is 18.4. The van der Waals surface area contributed by atoms with E-state index in [2.05, 4.69) is 10.5 Å². The molecule has 0 aliphatic heterocycles. The van der Waals surface area contributed by atoms with Crippen LogP contribution in [-0.4, -0.2) is 27.6 Å². The van der Waals surface area contributed by atoms with Crippen molar-refractivity contribution in [1.82, 2.24) is 5.43 Å². The summed E-state index contributed by atoms with van der Waals surface area (Å²) >= 11 is 13.2. The van der Waals surface area contributed by atoms with E-state index in [0.29, 0.717) is 26.2 Å². The molecule has 0 fully saturated rings. The van der Waals surface area contributed by atoms with Gasteiger partial charge in [-0.15, -0.1) is 11.8 Å². The van der Waals surface area contributed by atoms with Crippen molar-refractivity contribution in [3.8, 4) is 11.5 Å². The number of hydrazone groups is 1. The number of benzene rings is 2. The van der Waals surface area contributed by atoms with Crippen molar-refractivity contribution in [2.75, 3.05) is 5.75 Å². The van der Waals surface area contributed by atoms with Crippen molar-refractivity contribution in [3.05, 3.63) is 52.0 Å². The Morgan fingerprint density at radius 1 is 1.21 bits per heavy atom. The highest BCUT2D eigenvalue weighted by Gasteiger charge is 2.08. The molecule has 8 heteroatoms. The van der Waals surface area contributed by atoms with Crippen LogP contribution < -0.4 is 5.43 Å². The second-order valence-electron chi connectivity index (χ2n) is 4.80. The lowest BCUT2D eigenvalue weighted by molar-refractivity contribution is -0.118. The molecule has 2 aromatic rings. The molecule has 0 radical (unpaired) electrons. The highest BCUT2D eigenvalue weighted by Crippen LogP contribution is 2.29. The van der Waals surface area contributed by atoms with Gasteiger partial charge in [0.05, 0.1) is 16.5 Å². The standard InChI is InChI=1S/C16H14Cl2N2O3S/c1-9(12-4-3-11(21)7-14(12)22)19-20-16(23)8-24-15-6-10(17)2-5-13(15)18/h2-7,21-22H,8H2,1H3,(H,20,23)/b19-9+. The number of rotatable bonds is 5. The van der Waals surface area contributed by atoms with Gasteiger partial charge < -0.3 is 10.2 Å². The van der Waals surface area contributed by atoms with Crippen LogP contribution in [0.5, 0.6) is 11.5 Å². The van der Waals surface area contributed by atoms with E-state index in [1.54, 1.807) is 25.1 Å². The van der Waals surface area contributed by atoms with Crippen LogP contribution in [0, 0.1) is 0 Å². The van der Waals surface area contributed by atoms with E-state index < -0.39 is 0 Å². The van der Waals surface area contributed by atoms with E-state index in [1.165, 1.54) is 30.0 Å². The second kappa shape index (κ2) is 8.28. The Morgan fingerprint density at radius 3 is 2.67 bits per heavy atom. The minimum Gasteiger partial charge on any atom is -0.508 e. The molecule has 0 bridgehead atoms. The third-order valence-electron chi connectivity index (χ3n) is 2.97. The van der Waals surface area contributed by atoms with Crippen molar-refractivity contribution >= 4 is 46.6 Å². The molecule has 0 saturated carbocycles. The Morgan fingerprint density at radius 2 is 1.96 bits per heavy atom. The number of thioether (sulfide) groups is 1. The summed E-state index contributed by atoms with van der Waals surface area (Å²) in [5.74, 6) is -0.389. The minimum atomic E-state index is -0.325. The fraction of sp³-hybridized carbons (Fsp3) is 0.125. The van der Waals surface area contributed by atoms with Gasteiger partial charge in [-0.1, -0.05) is 23.2 Å². The van der Waals surface area contributed by atoms with Crippen LogP contribution in [0.2, 0.25) is 10.0 Å². The zero-order chi connectivity index (χ0) is 17.7. The topological polar surface area (TPSA) is 81.9 Å². The zero-order valence-electron chi connectivity index (χ0n) is 12.6. The number of nitrogens with one attached hydrogen (secondary N) is 1. The van der Waals surface area contributed by atoms with Gasteiger partial charge in [0, 0.05) is 21.5 Å². The van der Waals surface area contributed by atoms with Gasteiger partial charge >= 0.3 is 0 Å². The molecule has 1 amide bonds. The molecule has 0 aliphatic rings. The average molecular weight is 385 g/mol. The van der Waals surface area contributed by atoms with E-state index in [9.17, 15) is 15.0 Å². The first-order chi connectivity index (χ1) is 11.4. The summed E-state index contributed by atoms with van der Waals surface area (Å²) in [5.41, 5.74) is 3.23. The molecule has 0 atom stereocenters. The summed E-state index contributed by atoms with van der Waals surface area (Å²) in [5, 5.41) is 24.0. The van der Waals surface area contributed by atoms with E-state index >= 15 is 0 Å². The molecule has 2 aromatic carbocycles. The van der Waals surface area contributed by atoms with Crippen molar-refractivity contribution in [2.45, 2.75) is 11.8 Å². The van der Waals surface area contributed by atoms with E-state index in [4.69, 9.17) is 23.2 Å². The summed E-state index contributed by atoms with van der Waals surface area (Å²) in [6.45, 7) is 1.63. The van der Waals surface area contributed by atoms with E-state index in [1.807, 2.05) is 0 Å². The molecule has 0 unspecified atom stereocenters. The molecule has 24 heavy (non-hydrogen) atoms. The third-order valence-corrected chi connectivity index (χ3v) is 4.70. The Hall–Kier alpha value is -1.89. The van der Waals surface area contributed by atoms with Crippen LogP contribution in [-0.2, 0) is 4.79 Å². The van der Waals surface area contributed by atoms with E-state index in [0.717, 1.165) is 0 Å². The van der Waals surface area contributed by atoms with Crippen molar-refractivity contribution in [2.24, 2.45) is 5.10 Å². The Bertz CT molecular complexity index is 797. The van der Waals surface area contributed by atoms with Crippen LogP contribution in [0.3, 0.4) is 0 Å². The van der Waals surface area contributed by atoms with Crippen LogP contribution >= 0.6 is 35.0 Å². The monoisotopic (exact) mass is 384 g/mol. The molecule has 0 heterocycles. The molecular weight excluding hydrogens is 371 g/mol. The number of hydrogen-bond acceptors (Lipinski definition) is 5. The number of phenolic OH excluding ortho intramolecular Hbond substituents is 2. The third kappa shape index (κ3) is 5.06. The molecule has 2 rings (SSSR count). The average Bonchev–Trinajstić information content (AvgIpc) is 2.53. The summed E-state index contributed by atoms with van der Waals surface area (Å²) in [6, 6.07) is 9.16. The van der Waals surface area contributed by atoms with Gasteiger partial charge in [-0.25, -0.2) is 5.43 Å². The summed E-state index contributed by atoms with van der Waals surface area (Å²) in [7, 11) is 0. The van der Waals surface area contributed by atoms with Crippen LogP contribution in [0.4, 0.5) is 0 Å². The van der Waals surface area contributed by atoms with Crippen molar-refractivity contribution in [3.63, 3.8) is 0 Å². The zero-order valence-corrected chi connectivity index (χ0v) is 14.9. The van der Waals surface area contributed by atoms with Gasteiger partial charge in [-0.3, -0.25) is 4.79 Å². The number of carbonyl (C=O) groups excluding carboxylic acids is 1. The van der Waals surface area contributed by atoms with Crippen LogP contribution in [0.1, 0.15) is 12.5 Å². The molecule has 3 N–H and O–H groups in total. The second-order valence-corrected chi connectivity index (χ2v) is 6.66. The predicted molar refractivity (Wildman–Crippen MR) is 97.3 cm³/mol.